The summed E-state index contributed by atoms with van der Waals surface area (Å²) in [5, 5.41) is 2.99. The predicted octanol–water partition coefficient (Wildman–Crippen LogP) is 2.61. The summed E-state index contributed by atoms with van der Waals surface area (Å²) in [7, 11) is 0. The van der Waals surface area contributed by atoms with Crippen molar-refractivity contribution >= 4 is 6.34 Å². The number of hydrogen-bond acceptors (Lipinski definition) is 3. The van der Waals surface area contributed by atoms with Gasteiger partial charge in [0.25, 0.3) is 0 Å². The zero-order valence-electron chi connectivity index (χ0n) is 8.73. The maximum absolute atomic E-state index is 12.9. The SMILES string of the molecule is CCN1N=CN(C(F)(F)C(F)(F)F)C1C(F)(F)F. The molecule has 0 amide bonds. The zero-order valence-corrected chi connectivity index (χ0v) is 8.73. The van der Waals surface area contributed by atoms with E-state index in [0.717, 1.165) is 6.92 Å². The standard InChI is InChI=1S/C7H7F8N3/c1-2-18-4(5(8,9)10)17(3-16-18)7(14,15)6(11,12)13/h3-4H,2H2,1H3. The highest BCUT2D eigenvalue weighted by atomic mass is 19.4. The Hall–Kier alpha value is -1.29. The molecule has 11 heteroatoms. The minimum absolute atomic E-state index is 0.0969. The van der Waals surface area contributed by atoms with Crippen LogP contribution in [0.3, 0.4) is 0 Å². The van der Waals surface area contributed by atoms with E-state index in [1.807, 2.05) is 0 Å². The van der Waals surface area contributed by atoms with Crippen LogP contribution in [0.25, 0.3) is 0 Å². The van der Waals surface area contributed by atoms with E-state index in [4.69, 9.17) is 0 Å². The van der Waals surface area contributed by atoms with Crippen molar-refractivity contribution in [1.82, 2.24) is 9.91 Å². The van der Waals surface area contributed by atoms with Crippen LogP contribution in [0.15, 0.2) is 5.10 Å². The van der Waals surface area contributed by atoms with Gasteiger partial charge in [0.05, 0.1) is 0 Å². The topological polar surface area (TPSA) is 18.8 Å². The fourth-order valence-corrected chi connectivity index (χ4v) is 1.35. The molecular weight excluding hydrogens is 278 g/mol. The average molecular weight is 285 g/mol. The van der Waals surface area contributed by atoms with Crippen LogP contribution in [-0.4, -0.2) is 47.4 Å². The van der Waals surface area contributed by atoms with Crippen molar-refractivity contribution in [3.05, 3.63) is 0 Å². The molecule has 1 atom stereocenters. The molecule has 1 rings (SSSR count). The lowest BCUT2D eigenvalue weighted by atomic mass is 10.3. The van der Waals surface area contributed by atoms with Gasteiger partial charge in [0.15, 0.2) is 0 Å². The molecule has 18 heavy (non-hydrogen) atoms. The Labute approximate surface area is 95.6 Å². The van der Waals surface area contributed by atoms with Crippen LogP contribution in [0.4, 0.5) is 35.1 Å². The summed E-state index contributed by atoms with van der Waals surface area (Å²) < 4.78 is 99.4. The van der Waals surface area contributed by atoms with Crippen LogP contribution in [0.1, 0.15) is 6.92 Å². The van der Waals surface area contributed by atoms with Gasteiger partial charge in [0.2, 0.25) is 6.17 Å². The molecule has 0 radical (unpaired) electrons. The smallest absolute Gasteiger partial charge is 0.264 e. The lowest BCUT2D eigenvalue weighted by molar-refractivity contribution is -0.352. The van der Waals surface area contributed by atoms with Crippen LogP contribution in [0, 0.1) is 0 Å². The Morgan fingerprint density at radius 1 is 1.06 bits per heavy atom. The molecular formula is C7H7F8N3. The molecule has 0 saturated carbocycles. The van der Waals surface area contributed by atoms with E-state index in [9.17, 15) is 35.1 Å². The lowest BCUT2D eigenvalue weighted by Crippen LogP contribution is -2.61. The van der Waals surface area contributed by atoms with Gasteiger partial charge < -0.3 is 0 Å². The summed E-state index contributed by atoms with van der Waals surface area (Å²) in [4.78, 5) is -1.14. The minimum Gasteiger partial charge on any atom is -0.264 e. The Morgan fingerprint density at radius 3 is 1.89 bits per heavy atom. The molecule has 106 valence electrons. The van der Waals surface area contributed by atoms with E-state index in [-0.39, 0.29) is 11.3 Å². The summed E-state index contributed by atoms with van der Waals surface area (Å²) in [6, 6.07) is -5.65. The molecule has 0 spiro atoms. The van der Waals surface area contributed by atoms with Crippen LogP contribution >= 0.6 is 0 Å². The van der Waals surface area contributed by atoms with Crippen molar-refractivity contribution in [2.75, 3.05) is 6.54 Å². The highest BCUT2D eigenvalue weighted by Crippen LogP contribution is 2.43. The zero-order chi connectivity index (χ0) is 14.4. The second-order valence-corrected chi connectivity index (χ2v) is 3.35. The highest BCUT2D eigenvalue weighted by molar-refractivity contribution is 5.58. The normalized spacial score (nSPS) is 21.9. The summed E-state index contributed by atoms with van der Waals surface area (Å²) in [5.74, 6) is 0. The fourth-order valence-electron chi connectivity index (χ4n) is 1.35. The summed E-state index contributed by atoms with van der Waals surface area (Å²) in [5.41, 5.74) is 0. The van der Waals surface area contributed by atoms with Gasteiger partial charge in [-0.2, -0.15) is 40.2 Å². The first kappa shape index (κ1) is 14.8. The molecule has 3 nitrogen and oxygen atoms in total. The Bertz CT molecular complexity index is 333. The second kappa shape index (κ2) is 4.12. The van der Waals surface area contributed by atoms with Crippen LogP contribution in [0.2, 0.25) is 0 Å². The molecule has 1 unspecified atom stereocenters. The van der Waals surface area contributed by atoms with Crippen LogP contribution in [0.5, 0.6) is 0 Å². The van der Waals surface area contributed by atoms with Crippen molar-refractivity contribution in [3.63, 3.8) is 0 Å². The largest absolute Gasteiger partial charge is 0.475 e. The van der Waals surface area contributed by atoms with Crippen molar-refractivity contribution in [2.45, 2.75) is 31.5 Å². The monoisotopic (exact) mass is 285 g/mol. The molecule has 0 fully saturated rings. The van der Waals surface area contributed by atoms with E-state index >= 15 is 0 Å². The molecule has 0 aliphatic carbocycles. The first-order valence-electron chi connectivity index (χ1n) is 4.53. The first-order valence-corrected chi connectivity index (χ1v) is 4.53. The number of halogens is 8. The van der Waals surface area contributed by atoms with E-state index in [0.29, 0.717) is 0 Å². The third-order valence-corrected chi connectivity index (χ3v) is 2.15. The van der Waals surface area contributed by atoms with Crippen molar-refractivity contribution in [3.8, 4) is 0 Å². The van der Waals surface area contributed by atoms with Gasteiger partial charge in [-0.15, -0.1) is 0 Å². The van der Waals surface area contributed by atoms with Crippen molar-refractivity contribution in [1.29, 1.82) is 0 Å². The average Bonchev–Trinajstić information content (AvgIpc) is 2.58. The predicted molar refractivity (Wildman–Crippen MR) is 43.6 cm³/mol. The number of alkyl halides is 8. The minimum atomic E-state index is -6.13. The quantitative estimate of drug-likeness (QED) is 0.573. The van der Waals surface area contributed by atoms with Gasteiger partial charge in [-0.3, -0.25) is 9.91 Å². The molecule has 0 bridgehead atoms. The van der Waals surface area contributed by atoms with Gasteiger partial charge in [0, 0.05) is 6.54 Å². The third-order valence-electron chi connectivity index (χ3n) is 2.15. The van der Waals surface area contributed by atoms with Crippen LogP contribution < -0.4 is 0 Å². The van der Waals surface area contributed by atoms with Gasteiger partial charge in [0.1, 0.15) is 6.34 Å². The van der Waals surface area contributed by atoms with Gasteiger partial charge in [-0.25, -0.2) is 0 Å². The molecule has 0 aromatic heterocycles. The molecule has 1 heterocycles. The molecule has 1 aliphatic rings. The van der Waals surface area contributed by atoms with E-state index in [1.54, 1.807) is 0 Å². The van der Waals surface area contributed by atoms with Gasteiger partial charge in [-0.05, 0) is 6.92 Å². The van der Waals surface area contributed by atoms with Gasteiger partial charge >= 0.3 is 18.4 Å². The second-order valence-electron chi connectivity index (χ2n) is 3.35. The number of hydrazone groups is 1. The maximum atomic E-state index is 12.9. The van der Waals surface area contributed by atoms with Gasteiger partial charge in [-0.1, -0.05) is 0 Å². The number of nitrogens with zero attached hydrogens (tertiary/aromatic N) is 3. The van der Waals surface area contributed by atoms with E-state index in [1.165, 1.54) is 0 Å². The van der Waals surface area contributed by atoms with Crippen molar-refractivity contribution < 1.29 is 35.1 Å². The molecule has 0 N–H and O–H groups in total. The number of hydrogen-bond donors (Lipinski definition) is 0. The summed E-state index contributed by atoms with van der Waals surface area (Å²) in [6.45, 7) is 0.677. The Kier molecular flexibility index (Phi) is 3.38. The highest BCUT2D eigenvalue weighted by Gasteiger charge is 2.68. The van der Waals surface area contributed by atoms with Crippen LogP contribution in [-0.2, 0) is 0 Å². The van der Waals surface area contributed by atoms with E-state index < -0.39 is 36.0 Å². The van der Waals surface area contributed by atoms with Crippen molar-refractivity contribution in [2.24, 2.45) is 5.10 Å². The fraction of sp³-hybridized carbons (Fsp3) is 0.857. The molecule has 0 saturated heterocycles. The lowest BCUT2D eigenvalue weighted by Gasteiger charge is -2.36. The molecule has 0 aromatic rings. The Balaban J connectivity index is 3.13. The summed E-state index contributed by atoms with van der Waals surface area (Å²) >= 11 is 0. The third kappa shape index (κ3) is 2.29. The first-order chi connectivity index (χ1) is 7.93. The number of rotatable bonds is 2. The maximum Gasteiger partial charge on any atom is 0.475 e. The molecule has 0 aromatic carbocycles. The summed E-state index contributed by atoms with van der Waals surface area (Å²) in [6.07, 6.45) is -14.7. The van der Waals surface area contributed by atoms with E-state index in [2.05, 4.69) is 5.10 Å². The Morgan fingerprint density at radius 2 is 1.56 bits per heavy atom. The molecule has 1 aliphatic heterocycles.